The predicted molar refractivity (Wildman–Crippen MR) is 76.0 cm³/mol. The molecular formula is C13H17N3O5. The van der Waals surface area contributed by atoms with E-state index in [4.69, 9.17) is 4.74 Å². The predicted octanol–water partition coefficient (Wildman–Crippen LogP) is 2.01. The second kappa shape index (κ2) is 7.22. The number of esters is 1. The van der Waals surface area contributed by atoms with E-state index in [1.165, 1.54) is 36.2 Å². The van der Waals surface area contributed by atoms with Crippen LogP contribution >= 0.6 is 0 Å². The molecule has 0 aromatic heterocycles. The molecule has 1 atom stereocenters. The van der Waals surface area contributed by atoms with Crippen molar-refractivity contribution in [1.29, 1.82) is 0 Å². The van der Waals surface area contributed by atoms with Crippen LogP contribution in [0.15, 0.2) is 24.3 Å². The van der Waals surface area contributed by atoms with Gasteiger partial charge in [-0.3, -0.25) is 10.1 Å². The number of carbonyl (C=O) groups excluding carboxylic acids is 2. The minimum absolute atomic E-state index is 0.0683. The van der Waals surface area contributed by atoms with Crippen molar-refractivity contribution in [3.8, 4) is 0 Å². The van der Waals surface area contributed by atoms with Crippen LogP contribution in [0.4, 0.5) is 16.2 Å². The van der Waals surface area contributed by atoms with Gasteiger partial charge in [-0.05, 0) is 26.0 Å². The van der Waals surface area contributed by atoms with Crippen molar-refractivity contribution in [3.05, 3.63) is 34.4 Å². The highest BCUT2D eigenvalue weighted by molar-refractivity contribution is 5.92. The number of nitro groups is 1. The van der Waals surface area contributed by atoms with Gasteiger partial charge in [0.25, 0.3) is 5.69 Å². The molecule has 0 aliphatic heterocycles. The minimum atomic E-state index is -0.733. The molecule has 0 fully saturated rings. The lowest BCUT2D eigenvalue weighted by Gasteiger charge is -2.23. The lowest BCUT2D eigenvalue weighted by Crippen LogP contribution is -2.43. The van der Waals surface area contributed by atoms with Crippen molar-refractivity contribution in [3.63, 3.8) is 0 Å². The second-order valence-corrected chi connectivity index (χ2v) is 4.27. The Labute approximate surface area is 121 Å². The molecule has 8 heteroatoms. The third kappa shape index (κ3) is 4.44. The van der Waals surface area contributed by atoms with Crippen molar-refractivity contribution in [2.45, 2.75) is 19.9 Å². The Hall–Kier alpha value is -2.64. The molecule has 8 nitrogen and oxygen atoms in total. The van der Waals surface area contributed by atoms with E-state index in [1.54, 1.807) is 13.8 Å². The summed E-state index contributed by atoms with van der Waals surface area (Å²) in [5.41, 5.74) is 0.328. The maximum atomic E-state index is 12.0. The van der Waals surface area contributed by atoms with Crippen LogP contribution in [0.2, 0.25) is 0 Å². The summed E-state index contributed by atoms with van der Waals surface area (Å²) in [6.07, 6.45) is 0. The molecular weight excluding hydrogens is 278 g/mol. The number of benzene rings is 1. The first-order valence-electron chi connectivity index (χ1n) is 6.31. The minimum Gasteiger partial charge on any atom is -0.464 e. The summed E-state index contributed by atoms with van der Waals surface area (Å²) in [6, 6.07) is 4.15. The second-order valence-electron chi connectivity index (χ2n) is 4.27. The molecule has 114 valence electrons. The summed E-state index contributed by atoms with van der Waals surface area (Å²) < 4.78 is 4.83. The zero-order valence-corrected chi connectivity index (χ0v) is 12.0. The first kappa shape index (κ1) is 16.4. The van der Waals surface area contributed by atoms with Gasteiger partial charge >= 0.3 is 12.0 Å². The molecule has 0 bridgehead atoms. The van der Waals surface area contributed by atoms with Gasteiger partial charge in [0.2, 0.25) is 0 Å². The number of ether oxygens (including phenoxy) is 1. The van der Waals surface area contributed by atoms with E-state index in [-0.39, 0.29) is 12.3 Å². The molecule has 0 aliphatic carbocycles. The number of urea groups is 1. The molecule has 1 rings (SSSR count). The summed E-state index contributed by atoms with van der Waals surface area (Å²) in [6.45, 7) is 3.47. The van der Waals surface area contributed by atoms with Crippen molar-refractivity contribution < 1.29 is 19.2 Å². The van der Waals surface area contributed by atoms with Crippen LogP contribution in [0.3, 0.4) is 0 Å². The van der Waals surface area contributed by atoms with Crippen molar-refractivity contribution >= 4 is 23.4 Å². The van der Waals surface area contributed by atoms with Gasteiger partial charge < -0.3 is 15.0 Å². The maximum absolute atomic E-state index is 12.0. The van der Waals surface area contributed by atoms with Crippen molar-refractivity contribution in [2.24, 2.45) is 0 Å². The maximum Gasteiger partial charge on any atom is 0.328 e. The summed E-state index contributed by atoms with van der Waals surface area (Å²) in [4.78, 5) is 34.7. The van der Waals surface area contributed by atoms with E-state index in [0.29, 0.717) is 5.69 Å². The quantitative estimate of drug-likeness (QED) is 0.508. The summed E-state index contributed by atoms with van der Waals surface area (Å²) in [7, 11) is 1.46. The molecule has 0 saturated heterocycles. The van der Waals surface area contributed by atoms with Crippen LogP contribution in [0, 0.1) is 10.1 Å². The van der Waals surface area contributed by atoms with Crippen molar-refractivity contribution in [2.75, 3.05) is 19.0 Å². The van der Waals surface area contributed by atoms with E-state index < -0.39 is 23.0 Å². The first-order valence-corrected chi connectivity index (χ1v) is 6.31. The summed E-state index contributed by atoms with van der Waals surface area (Å²) in [5, 5.41) is 13.1. The highest BCUT2D eigenvalue weighted by Crippen LogP contribution is 2.16. The van der Waals surface area contributed by atoms with Gasteiger partial charge in [-0.2, -0.15) is 0 Å². The van der Waals surface area contributed by atoms with E-state index in [2.05, 4.69) is 5.32 Å². The average molecular weight is 295 g/mol. The fourth-order valence-corrected chi connectivity index (χ4v) is 1.47. The highest BCUT2D eigenvalue weighted by Gasteiger charge is 2.23. The van der Waals surface area contributed by atoms with Gasteiger partial charge in [-0.15, -0.1) is 0 Å². The van der Waals surface area contributed by atoms with Gasteiger partial charge in [0, 0.05) is 24.9 Å². The van der Waals surface area contributed by atoms with Gasteiger partial charge in [0.15, 0.2) is 0 Å². The number of nitro benzene ring substituents is 1. The number of rotatable bonds is 5. The van der Waals surface area contributed by atoms with Crippen LogP contribution in [-0.2, 0) is 9.53 Å². The third-order valence-corrected chi connectivity index (χ3v) is 2.86. The van der Waals surface area contributed by atoms with Gasteiger partial charge in [-0.25, -0.2) is 9.59 Å². The Bertz CT molecular complexity index is 529. The Morgan fingerprint density at radius 2 is 1.95 bits per heavy atom. The normalized spacial score (nSPS) is 11.4. The van der Waals surface area contributed by atoms with Crippen LogP contribution in [0.5, 0.6) is 0 Å². The van der Waals surface area contributed by atoms with E-state index in [0.717, 1.165) is 0 Å². The Morgan fingerprint density at radius 1 is 1.38 bits per heavy atom. The molecule has 0 aliphatic rings. The molecule has 1 unspecified atom stereocenters. The summed E-state index contributed by atoms with van der Waals surface area (Å²) in [5.74, 6) is -0.501. The number of non-ortho nitro benzene ring substituents is 1. The number of hydrogen-bond acceptors (Lipinski definition) is 5. The topological polar surface area (TPSA) is 102 Å². The SMILES string of the molecule is CCOC(=O)C(C)N(C)C(=O)Nc1ccc([N+](=O)[O-])cc1. The van der Waals surface area contributed by atoms with Gasteiger partial charge in [0.05, 0.1) is 11.5 Å². The fourth-order valence-electron chi connectivity index (χ4n) is 1.47. The van der Waals surface area contributed by atoms with E-state index >= 15 is 0 Å². The molecule has 1 aromatic carbocycles. The van der Waals surface area contributed by atoms with E-state index in [1.807, 2.05) is 0 Å². The van der Waals surface area contributed by atoms with Crippen LogP contribution < -0.4 is 5.32 Å². The van der Waals surface area contributed by atoms with Crippen molar-refractivity contribution in [1.82, 2.24) is 4.90 Å². The fraction of sp³-hybridized carbons (Fsp3) is 0.385. The molecule has 1 N–H and O–H groups in total. The molecule has 21 heavy (non-hydrogen) atoms. The zero-order chi connectivity index (χ0) is 16.0. The average Bonchev–Trinajstić information content (AvgIpc) is 2.46. The van der Waals surface area contributed by atoms with Crippen LogP contribution in [-0.4, -0.2) is 41.5 Å². The van der Waals surface area contributed by atoms with E-state index in [9.17, 15) is 19.7 Å². The third-order valence-electron chi connectivity index (χ3n) is 2.86. The summed E-state index contributed by atoms with van der Waals surface area (Å²) >= 11 is 0. The number of nitrogens with zero attached hydrogens (tertiary/aromatic N) is 2. The lowest BCUT2D eigenvalue weighted by atomic mass is 10.3. The largest absolute Gasteiger partial charge is 0.464 e. The smallest absolute Gasteiger partial charge is 0.328 e. The standard InChI is InChI=1S/C13H17N3O5/c1-4-21-12(17)9(2)15(3)13(18)14-10-5-7-11(8-6-10)16(19)20/h5-9H,4H2,1-3H3,(H,14,18). The molecule has 0 saturated carbocycles. The molecule has 0 heterocycles. The Balaban J connectivity index is 2.67. The first-order chi connectivity index (χ1) is 9.86. The molecule has 1 aromatic rings. The number of nitrogens with one attached hydrogen (secondary N) is 1. The number of hydrogen-bond donors (Lipinski definition) is 1. The molecule has 0 spiro atoms. The lowest BCUT2D eigenvalue weighted by molar-refractivity contribution is -0.384. The number of anilines is 1. The molecule has 2 amide bonds. The van der Waals surface area contributed by atoms with Crippen LogP contribution in [0.25, 0.3) is 0 Å². The van der Waals surface area contributed by atoms with Crippen LogP contribution in [0.1, 0.15) is 13.8 Å². The van der Waals surface area contributed by atoms with Gasteiger partial charge in [-0.1, -0.05) is 0 Å². The Kier molecular flexibility index (Phi) is 5.65. The highest BCUT2D eigenvalue weighted by atomic mass is 16.6. The monoisotopic (exact) mass is 295 g/mol. The number of likely N-dealkylation sites (N-methyl/N-ethyl adjacent to an activating group) is 1. The number of amides is 2. The number of carbonyl (C=O) groups is 2. The van der Waals surface area contributed by atoms with Gasteiger partial charge in [0.1, 0.15) is 6.04 Å². The molecule has 0 radical (unpaired) electrons. The zero-order valence-electron chi connectivity index (χ0n) is 12.0. The Morgan fingerprint density at radius 3 is 2.43 bits per heavy atom.